The molecule has 3 amide bonds. The van der Waals surface area contributed by atoms with E-state index in [9.17, 15) is 36.3 Å². The van der Waals surface area contributed by atoms with Crippen molar-refractivity contribution in [1.29, 1.82) is 0 Å². The van der Waals surface area contributed by atoms with Crippen LogP contribution in [0.15, 0.2) is 60.7 Å². The lowest BCUT2D eigenvalue weighted by molar-refractivity contribution is -0.292. The summed E-state index contributed by atoms with van der Waals surface area (Å²) in [6.07, 6.45) is -1.04. The summed E-state index contributed by atoms with van der Waals surface area (Å²) in [5.74, 6) is -7.69. The van der Waals surface area contributed by atoms with Crippen LogP contribution in [0, 0.1) is 18.8 Å². The van der Waals surface area contributed by atoms with Crippen molar-refractivity contribution in [1.82, 2.24) is 25.5 Å². The van der Waals surface area contributed by atoms with E-state index in [4.69, 9.17) is 5.73 Å². The van der Waals surface area contributed by atoms with Gasteiger partial charge in [0, 0.05) is 29.6 Å². The van der Waals surface area contributed by atoms with E-state index in [2.05, 4.69) is 32.9 Å². The molecule has 0 radical (unpaired) electrons. The molecular weight excluding hydrogens is 757 g/mol. The summed E-state index contributed by atoms with van der Waals surface area (Å²) in [5, 5.41) is 8.73. The van der Waals surface area contributed by atoms with Crippen LogP contribution in [0.1, 0.15) is 65.8 Å². The van der Waals surface area contributed by atoms with Gasteiger partial charge in [0.25, 0.3) is 5.91 Å². The van der Waals surface area contributed by atoms with Gasteiger partial charge in [0.1, 0.15) is 6.04 Å². The van der Waals surface area contributed by atoms with Gasteiger partial charge < -0.3 is 31.6 Å². The zero-order valence-electron chi connectivity index (χ0n) is 31.1. The fraction of sp³-hybridized carbons (Fsp3) is 0.450. The van der Waals surface area contributed by atoms with Gasteiger partial charge >= 0.3 is 12.1 Å². The maximum atomic E-state index is 14.0. The number of halogens is 6. The Labute approximate surface area is 328 Å². The number of anilines is 1. The number of carbonyl (C=O) groups excluding carboxylic acids is 3. The monoisotopic (exact) mass is 803 g/mol. The topological polar surface area (TPSA) is 145 Å². The summed E-state index contributed by atoms with van der Waals surface area (Å²) in [6.45, 7) is 4.37. The smallest absolute Gasteiger partial charge is 0.349 e. The Balaban J connectivity index is 0.00000600. The number of nitrogens with zero attached hydrogens (tertiary/aromatic N) is 2. The highest BCUT2D eigenvalue weighted by Crippen LogP contribution is 2.43. The summed E-state index contributed by atoms with van der Waals surface area (Å²) < 4.78 is 66.8. The first-order chi connectivity index (χ1) is 26.1. The Hall–Kier alpha value is -4.60. The van der Waals surface area contributed by atoms with E-state index in [-0.39, 0.29) is 59.3 Å². The minimum atomic E-state index is -5.85. The first-order valence-corrected chi connectivity index (χ1v) is 18.6. The molecule has 302 valence electrons. The van der Waals surface area contributed by atoms with Gasteiger partial charge in [-0.15, -0.1) is 12.4 Å². The average molecular weight is 804 g/mol. The molecular formula is C40H47ClF5N7O3. The Morgan fingerprint density at radius 1 is 0.929 bits per heavy atom. The highest BCUT2D eigenvalue weighted by Gasteiger charge is 2.61. The van der Waals surface area contributed by atoms with E-state index < -0.39 is 29.9 Å². The lowest BCUT2D eigenvalue weighted by Gasteiger charge is -2.29. The minimum absolute atomic E-state index is 0. The van der Waals surface area contributed by atoms with Crippen LogP contribution in [-0.4, -0.2) is 77.5 Å². The number of rotatable bonds is 11. The number of amides is 3. The van der Waals surface area contributed by atoms with Crippen molar-refractivity contribution in [3.8, 4) is 11.1 Å². The summed E-state index contributed by atoms with van der Waals surface area (Å²) in [7, 11) is 2.07. The van der Waals surface area contributed by atoms with Gasteiger partial charge in [-0.3, -0.25) is 14.4 Å². The third-order valence-corrected chi connectivity index (χ3v) is 10.8. The number of nitrogens with two attached hydrogens (primary N) is 1. The molecule has 56 heavy (non-hydrogen) atoms. The Kier molecular flexibility index (Phi) is 13.4. The summed E-state index contributed by atoms with van der Waals surface area (Å²) in [5.41, 5.74) is 9.74. The lowest BCUT2D eigenvalue weighted by Crippen LogP contribution is -2.48. The number of H-pyrrole nitrogens is 1. The molecule has 1 saturated heterocycles. The van der Waals surface area contributed by atoms with Crippen LogP contribution in [0.3, 0.4) is 0 Å². The van der Waals surface area contributed by atoms with Crippen molar-refractivity contribution in [2.75, 3.05) is 32.0 Å². The zero-order chi connectivity index (χ0) is 39.5. The van der Waals surface area contributed by atoms with Crippen LogP contribution in [-0.2, 0) is 21.9 Å². The molecule has 10 nitrogen and oxygen atoms in total. The zero-order valence-corrected chi connectivity index (χ0v) is 32.0. The minimum Gasteiger partial charge on any atom is -0.349 e. The number of benzene rings is 3. The number of likely N-dealkylation sites (tertiary alicyclic amines) is 1. The standard InChI is InChI=1S/C40H46F5N7O3.ClH/c1-23-19-28(36(54)47-29-15-17-52(2)18-16-29)11-13-31(23)26-7-3-24(4-8-26)20-34(49-35(53)27-9-5-25(22-46)6-10-27)37(55)48-30-12-14-32-33(21-30)51-38(50-32)39(41,42)40(43,44)45;/h3-4,7-8,11-14,19,21,25,27,29,34H,5-6,9-10,15-18,20,22,46H2,1-2H3,(H,47,54)(H,48,55)(H,49,53)(H,50,51);1H/t25?,27?,34-;/m0./s1. The fourth-order valence-corrected chi connectivity index (χ4v) is 7.37. The van der Waals surface area contributed by atoms with E-state index in [0.717, 1.165) is 61.0 Å². The Bertz CT molecular complexity index is 2010. The number of nitrogens with one attached hydrogen (secondary N) is 4. The predicted octanol–water partition coefficient (Wildman–Crippen LogP) is 6.87. The van der Waals surface area contributed by atoms with Crippen LogP contribution < -0.4 is 21.7 Å². The maximum absolute atomic E-state index is 14.0. The molecule has 1 saturated carbocycles. The van der Waals surface area contributed by atoms with Crippen molar-refractivity contribution < 1.29 is 36.3 Å². The quantitative estimate of drug-likeness (QED) is 0.105. The predicted molar refractivity (Wildman–Crippen MR) is 207 cm³/mol. The lowest BCUT2D eigenvalue weighted by atomic mass is 9.81. The molecule has 0 unspecified atom stereocenters. The first-order valence-electron chi connectivity index (χ1n) is 18.6. The Morgan fingerprint density at radius 2 is 1.61 bits per heavy atom. The molecule has 1 aromatic heterocycles. The molecule has 6 N–H and O–H groups in total. The van der Waals surface area contributed by atoms with Crippen molar-refractivity contribution >= 4 is 46.8 Å². The first kappa shape index (κ1) is 42.5. The normalized spacial score (nSPS) is 18.9. The molecule has 1 atom stereocenters. The molecule has 2 heterocycles. The molecule has 3 aromatic carbocycles. The Morgan fingerprint density at radius 3 is 2.23 bits per heavy atom. The van der Waals surface area contributed by atoms with Crippen LogP contribution in [0.4, 0.5) is 27.6 Å². The number of piperidine rings is 1. The number of aromatic amines is 1. The van der Waals surface area contributed by atoms with E-state index in [1.165, 1.54) is 18.2 Å². The second kappa shape index (κ2) is 17.7. The summed E-state index contributed by atoms with van der Waals surface area (Å²) >= 11 is 0. The average Bonchev–Trinajstić information content (AvgIpc) is 3.60. The van der Waals surface area contributed by atoms with Gasteiger partial charge in [0.15, 0.2) is 5.82 Å². The van der Waals surface area contributed by atoms with E-state index >= 15 is 0 Å². The van der Waals surface area contributed by atoms with E-state index in [1.807, 2.05) is 48.3 Å². The molecule has 16 heteroatoms. The second-order valence-electron chi connectivity index (χ2n) is 14.9. The van der Waals surface area contributed by atoms with Crippen LogP contribution in [0.25, 0.3) is 22.2 Å². The number of hydrogen-bond acceptors (Lipinski definition) is 6. The van der Waals surface area contributed by atoms with E-state index in [0.29, 0.717) is 30.9 Å². The highest BCUT2D eigenvalue weighted by molar-refractivity contribution is 5.99. The number of hydrogen-bond donors (Lipinski definition) is 5. The van der Waals surface area contributed by atoms with Crippen LogP contribution >= 0.6 is 12.4 Å². The van der Waals surface area contributed by atoms with Gasteiger partial charge in [-0.25, -0.2) is 4.98 Å². The van der Waals surface area contributed by atoms with Gasteiger partial charge in [0.05, 0.1) is 11.0 Å². The number of imidazole rings is 1. The summed E-state index contributed by atoms with van der Waals surface area (Å²) in [4.78, 5) is 47.9. The second-order valence-corrected chi connectivity index (χ2v) is 14.9. The number of aromatic nitrogens is 2. The van der Waals surface area contributed by atoms with Gasteiger partial charge in [-0.05, 0) is 131 Å². The van der Waals surface area contributed by atoms with Crippen molar-refractivity contribution in [3.05, 3.63) is 83.2 Å². The third-order valence-electron chi connectivity index (χ3n) is 10.8. The van der Waals surface area contributed by atoms with Crippen molar-refractivity contribution in [3.63, 3.8) is 0 Å². The molecule has 6 rings (SSSR count). The molecule has 1 aliphatic heterocycles. The van der Waals surface area contributed by atoms with Crippen molar-refractivity contribution in [2.24, 2.45) is 17.6 Å². The number of carbonyl (C=O) groups is 3. The molecule has 0 spiro atoms. The third kappa shape index (κ3) is 9.85. The number of alkyl halides is 5. The number of aryl methyl sites for hydroxylation is 1. The molecule has 2 fully saturated rings. The SMILES string of the molecule is Cc1cc(C(=O)NC2CCN(C)CC2)ccc1-c1ccc(C[C@H](NC(=O)C2CCC(CN)CC2)C(=O)Nc2ccc3nc(C(F)(F)C(F)(F)F)[nH]c3c2)cc1.Cl. The number of fused-ring (bicyclic) bond motifs is 1. The highest BCUT2D eigenvalue weighted by atomic mass is 35.5. The van der Waals surface area contributed by atoms with Gasteiger partial charge in [-0.2, -0.15) is 22.0 Å². The summed E-state index contributed by atoms with van der Waals surface area (Å²) in [6, 6.07) is 16.0. The maximum Gasteiger partial charge on any atom is 0.461 e. The largest absolute Gasteiger partial charge is 0.461 e. The van der Waals surface area contributed by atoms with E-state index in [1.54, 1.807) is 6.07 Å². The molecule has 4 aromatic rings. The molecule has 0 bridgehead atoms. The molecule has 2 aliphatic rings. The van der Waals surface area contributed by atoms with Gasteiger partial charge in [0.2, 0.25) is 11.8 Å². The van der Waals surface area contributed by atoms with Crippen LogP contribution in [0.5, 0.6) is 0 Å². The van der Waals surface area contributed by atoms with Gasteiger partial charge in [-0.1, -0.05) is 30.3 Å². The van der Waals surface area contributed by atoms with Crippen molar-refractivity contribution in [2.45, 2.75) is 76.1 Å². The fourth-order valence-electron chi connectivity index (χ4n) is 7.37. The molecule has 1 aliphatic carbocycles. The van der Waals surface area contributed by atoms with Crippen LogP contribution in [0.2, 0.25) is 0 Å².